The van der Waals surface area contributed by atoms with E-state index >= 15 is 0 Å². The number of rotatable bonds is 5. The van der Waals surface area contributed by atoms with Crippen LogP contribution in [-0.4, -0.2) is 24.4 Å². The van der Waals surface area contributed by atoms with Crippen LogP contribution < -0.4 is 11.1 Å². The van der Waals surface area contributed by atoms with Crippen molar-refractivity contribution in [1.29, 1.82) is 0 Å². The van der Waals surface area contributed by atoms with Crippen molar-refractivity contribution in [2.75, 3.05) is 11.9 Å². The molecule has 5 nitrogen and oxygen atoms in total. The molecule has 1 aromatic carbocycles. The molecular formula is C13H16F2N2O3. The Bertz CT molecular complexity index is 489. The van der Waals surface area contributed by atoms with E-state index in [1.807, 2.05) is 0 Å². The number of hydrogen-bond donors (Lipinski definition) is 2. The molecule has 0 saturated heterocycles. The Morgan fingerprint density at radius 2 is 1.90 bits per heavy atom. The Morgan fingerprint density at radius 3 is 2.35 bits per heavy atom. The summed E-state index contributed by atoms with van der Waals surface area (Å²) in [6, 6.07) is 3.69. The molecular weight excluding hydrogens is 270 g/mol. The predicted octanol–water partition coefficient (Wildman–Crippen LogP) is 1.84. The number of nitrogens with two attached hydrogens (primary N) is 1. The highest BCUT2D eigenvalue weighted by molar-refractivity contribution is 5.88. The lowest BCUT2D eigenvalue weighted by molar-refractivity contribution is -0.174. The summed E-state index contributed by atoms with van der Waals surface area (Å²) in [7, 11) is 0. The molecule has 0 aromatic heterocycles. The summed E-state index contributed by atoms with van der Waals surface area (Å²) < 4.78 is 31.7. The van der Waals surface area contributed by atoms with E-state index in [9.17, 15) is 18.4 Å². The molecule has 0 saturated carbocycles. The minimum Gasteiger partial charge on any atom is -0.462 e. The van der Waals surface area contributed by atoms with Gasteiger partial charge in [-0.1, -0.05) is 12.1 Å². The first-order chi connectivity index (χ1) is 9.28. The minimum absolute atomic E-state index is 0.0668. The van der Waals surface area contributed by atoms with E-state index in [0.29, 0.717) is 5.69 Å². The maximum absolute atomic E-state index is 13.7. The first-order valence-corrected chi connectivity index (χ1v) is 5.97. The van der Waals surface area contributed by atoms with Gasteiger partial charge in [0.25, 0.3) is 0 Å². The van der Waals surface area contributed by atoms with Crippen LogP contribution in [0.3, 0.4) is 0 Å². The van der Waals surface area contributed by atoms with E-state index in [-0.39, 0.29) is 18.1 Å². The van der Waals surface area contributed by atoms with Gasteiger partial charge in [0.15, 0.2) is 0 Å². The number of halogens is 2. The molecule has 0 fully saturated rings. The van der Waals surface area contributed by atoms with Gasteiger partial charge in [-0.25, -0.2) is 4.79 Å². The van der Waals surface area contributed by atoms with Gasteiger partial charge in [0.05, 0.1) is 6.61 Å². The molecule has 1 rings (SSSR count). The summed E-state index contributed by atoms with van der Waals surface area (Å²) in [5, 5.41) is 2.49. The SMILES string of the molecule is CCOC(=O)C(F)(F)[C@@H](N)c1ccc(NC(C)=O)cc1. The Balaban J connectivity index is 2.88. The van der Waals surface area contributed by atoms with E-state index < -0.39 is 17.9 Å². The lowest BCUT2D eigenvalue weighted by Gasteiger charge is -2.22. The second-order valence-electron chi connectivity index (χ2n) is 4.12. The normalized spacial score (nSPS) is 12.7. The fourth-order valence-electron chi connectivity index (χ4n) is 1.54. The number of amides is 1. The zero-order valence-corrected chi connectivity index (χ0v) is 11.2. The van der Waals surface area contributed by atoms with E-state index in [1.165, 1.54) is 38.1 Å². The molecule has 1 atom stereocenters. The van der Waals surface area contributed by atoms with Gasteiger partial charge in [0, 0.05) is 12.6 Å². The molecule has 0 aliphatic carbocycles. The summed E-state index contributed by atoms with van der Waals surface area (Å²) in [6.07, 6.45) is 0. The lowest BCUT2D eigenvalue weighted by atomic mass is 10.0. The fourth-order valence-corrected chi connectivity index (χ4v) is 1.54. The average Bonchev–Trinajstić information content (AvgIpc) is 2.38. The van der Waals surface area contributed by atoms with Gasteiger partial charge in [-0.15, -0.1) is 0 Å². The fraction of sp³-hybridized carbons (Fsp3) is 0.385. The molecule has 0 spiro atoms. The Hall–Kier alpha value is -2.02. The Labute approximate surface area is 115 Å². The largest absolute Gasteiger partial charge is 0.462 e. The Morgan fingerprint density at radius 1 is 1.35 bits per heavy atom. The number of carbonyl (C=O) groups is 2. The number of esters is 1. The second kappa shape index (κ2) is 6.42. The number of hydrogen-bond acceptors (Lipinski definition) is 4. The van der Waals surface area contributed by atoms with Crippen LogP contribution in [0.5, 0.6) is 0 Å². The van der Waals surface area contributed by atoms with Crippen molar-refractivity contribution >= 4 is 17.6 Å². The first-order valence-electron chi connectivity index (χ1n) is 5.97. The van der Waals surface area contributed by atoms with Crippen molar-refractivity contribution < 1.29 is 23.1 Å². The topological polar surface area (TPSA) is 81.4 Å². The average molecular weight is 286 g/mol. The van der Waals surface area contributed by atoms with Gasteiger partial charge in [0.1, 0.15) is 6.04 Å². The standard InChI is InChI=1S/C13H16F2N2O3/c1-3-20-12(19)13(14,15)11(16)9-4-6-10(7-5-9)17-8(2)18/h4-7,11H,3,16H2,1-2H3,(H,17,18)/t11-/m0/s1. The van der Waals surface area contributed by atoms with Crippen LogP contribution in [0.4, 0.5) is 14.5 Å². The maximum Gasteiger partial charge on any atom is 0.379 e. The molecule has 7 heteroatoms. The predicted molar refractivity (Wildman–Crippen MR) is 69.3 cm³/mol. The maximum atomic E-state index is 13.7. The number of alkyl halides is 2. The third kappa shape index (κ3) is 3.74. The molecule has 0 radical (unpaired) electrons. The van der Waals surface area contributed by atoms with Crippen molar-refractivity contribution in [3.8, 4) is 0 Å². The Kier molecular flexibility index (Phi) is 5.15. The van der Waals surface area contributed by atoms with Gasteiger partial charge in [-0.3, -0.25) is 4.79 Å². The van der Waals surface area contributed by atoms with Crippen molar-refractivity contribution in [3.63, 3.8) is 0 Å². The highest BCUT2D eigenvalue weighted by Gasteiger charge is 2.47. The quantitative estimate of drug-likeness (QED) is 0.809. The van der Waals surface area contributed by atoms with Crippen molar-refractivity contribution in [1.82, 2.24) is 0 Å². The van der Waals surface area contributed by atoms with Crippen LogP contribution in [0, 0.1) is 0 Å². The highest BCUT2D eigenvalue weighted by Crippen LogP contribution is 2.31. The number of anilines is 1. The molecule has 20 heavy (non-hydrogen) atoms. The van der Waals surface area contributed by atoms with Crippen LogP contribution in [-0.2, 0) is 14.3 Å². The molecule has 1 amide bonds. The summed E-state index contributed by atoms with van der Waals surface area (Å²) in [5.41, 5.74) is 5.94. The third-order valence-corrected chi connectivity index (χ3v) is 2.53. The van der Waals surface area contributed by atoms with Crippen molar-refractivity contribution in [3.05, 3.63) is 29.8 Å². The van der Waals surface area contributed by atoms with Crippen LogP contribution in [0.15, 0.2) is 24.3 Å². The molecule has 0 aliphatic rings. The molecule has 3 N–H and O–H groups in total. The number of benzene rings is 1. The molecule has 0 heterocycles. The zero-order chi connectivity index (χ0) is 15.3. The van der Waals surface area contributed by atoms with Crippen LogP contribution in [0.1, 0.15) is 25.5 Å². The number of carbonyl (C=O) groups excluding carboxylic acids is 2. The molecule has 0 aliphatic heterocycles. The minimum atomic E-state index is -3.81. The number of ether oxygens (including phenoxy) is 1. The lowest BCUT2D eigenvalue weighted by Crippen LogP contribution is -2.41. The van der Waals surface area contributed by atoms with E-state index in [1.54, 1.807) is 0 Å². The summed E-state index contributed by atoms with van der Waals surface area (Å²) in [5.74, 6) is -5.75. The van der Waals surface area contributed by atoms with Gasteiger partial charge in [0.2, 0.25) is 5.91 Å². The summed E-state index contributed by atoms with van der Waals surface area (Å²) in [6.45, 7) is 2.61. The zero-order valence-electron chi connectivity index (χ0n) is 11.2. The monoisotopic (exact) mass is 286 g/mol. The van der Waals surface area contributed by atoms with Gasteiger partial charge < -0.3 is 15.8 Å². The van der Waals surface area contributed by atoms with Crippen molar-refractivity contribution in [2.24, 2.45) is 5.73 Å². The van der Waals surface area contributed by atoms with Gasteiger partial charge in [-0.2, -0.15) is 8.78 Å². The van der Waals surface area contributed by atoms with Crippen molar-refractivity contribution in [2.45, 2.75) is 25.8 Å². The van der Waals surface area contributed by atoms with Gasteiger partial charge >= 0.3 is 11.9 Å². The molecule has 0 bridgehead atoms. The van der Waals surface area contributed by atoms with E-state index in [4.69, 9.17) is 5.73 Å². The van der Waals surface area contributed by atoms with Crippen LogP contribution in [0.2, 0.25) is 0 Å². The van der Waals surface area contributed by atoms with Crippen LogP contribution >= 0.6 is 0 Å². The smallest absolute Gasteiger partial charge is 0.379 e. The second-order valence-corrected chi connectivity index (χ2v) is 4.12. The first kappa shape index (κ1) is 16.0. The van der Waals surface area contributed by atoms with Gasteiger partial charge in [-0.05, 0) is 24.6 Å². The summed E-state index contributed by atoms with van der Waals surface area (Å²) in [4.78, 5) is 22.0. The molecule has 1 aromatic rings. The highest BCUT2D eigenvalue weighted by atomic mass is 19.3. The molecule has 110 valence electrons. The number of nitrogens with one attached hydrogen (secondary N) is 1. The van der Waals surface area contributed by atoms with E-state index in [0.717, 1.165) is 0 Å². The van der Waals surface area contributed by atoms with Crippen LogP contribution in [0.25, 0.3) is 0 Å². The third-order valence-electron chi connectivity index (χ3n) is 2.53. The molecule has 0 unspecified atom stereocenters. The van der Waals surface area contributed by atoms with E-state index in [2.05, 4.69) is 10.1 Å². The summed E-state index contributed by atoms with van der Waals surface area (Å²) >= 11 is 0.